The van der Waals surface area contributed by atoms with Crippen molar-refractivity contribution in [2.24, 2.45) is 0 Å². The van der Waals surface area contributed by atoms with Crippen LogP contribution in [0.5, 0.6) is 5.75 Å². The number of halogens is 2. The van der Waals surface area contributed by atoms with Crippen LogP contribution in [0.1, 0.15) is 23.0 Å². The normalized spacial score (nSPS) is 17.7. The maximum atomic E-state index is 13.4. The molecule has 0 saturated carbocycles. The second-order valence-corrected chi connectivity index (χ2v) is 4.63. The Kier molecular flexibility index (Phi) is 3.40. The van der Waals surface area contributed by atoms with Gasteiger partial charge < -0.3 is 9.47 Å². The Balaban J connectivity index is 1.95. The van der Waals surface area contributed by atoms with Crippen LogP contribution in [0, 0.1) is 5.82 Å². The monoisotopic (exact) mass is 278 g/mol. The lowest BCUT2D eigenvalue weighted by atomic mass is 10.1. The maximum absolute atomic E-state index is 13.4. The Bertz CT molecular complexity index is 569. The van der Waals surface area contributed by atoms with Crippen molar-refractivity contribution in [2.45, 2.75) is 18.8 Å². The van der Waals surface area contributed by atoms with E-state index in [1.165, 1.54) is 12.1 Å². The second kappa shape index (κ2) is 5.19. The molecule has 3 rings (SSSR count). The van der Waals surface area contributed by atoms with E-state index in [-0.39, 0.29) is 11.7 Å². The van der Waals surface area contributed by atoms with Crippen LogP contribution in [0.4, 0.5) is 4.39 Å². The molecule has 1 unspecified atom stereocenters. The molecule has 1 aliphatic rings. The van der Waals surface area contributed by atoms with E-state index >= 15 is 0 Å². The molecule has 2 nitrogen and oxygen atoms in total. The van der Waals surface area contributed by atoms with E-state index in [9.17, 15) is 4.39 Å². The highest BCUT2D eigenvalue weighted by Gasteiger charge is 2.24. The van der Waals surface area contributed by atoms with E-state index < -0.39 is 6.29 Å². The van der Waals surface area contributed by atoms with Crippen molar-refractivity contribution < 1.29 is 13.9 Å². The molecule has 0 bridgehead atoms. The van der Waals surface area contributed by atoms with Crippen molar-refractivity contribution in [3.8, 4) is 5.75 Å². The van der Waals surface area contributed by atoms with E-state index in [2.05, 4.69) is 0 Å². The first-order valence-electron chi connectivity index (χ1n) is 5.98. The third-order valence-electron chi connectivity index (χ3n) is 3.04. The smallest absolute Gasteiger partial charge is 0.227 e. The molecule has 0 radical (unpaired) electrons. The fourth-order valence-electron chi connectivity index (χ4n) is 2.15. The van der Waals surface area contributed by atoms with Gasteiger partial charge >= 0.3 is 0 Å². The first-order chi connectivity index (χ1) is 9.28. The van der Waals surface area contributed by atoms with Crippen LogP contribution < -0.4 is 4.74 Å². The van der Waals surface area contributed by atoms with Crippen molar-refractivity contribution >= 4 is 11.6 Å². The number of benzene rings is 2. The molecular formula is C15H12ClFO2. The summed E-state index contributed by atoms with van der Waals surface area (Å²) in [4.78, 5) is 0. The second-order valence-electron chi connectivity index (χ2n) is 4.36. The van der Waals surface area contributed by atoms with Crippen LogP contribution >= 0.6 is 11.6 Å². The van der Waals surface area contributed by atoms with Crippen LogP contribution in [0.3, 0.4) is 0 Å². The first kappa shape index (κ1) is 12.5. The highest BCUT2D eigenvalue weighted by Crippen LogP contribution is 2.36. The molecule has 98 valence electrons. The molecule has 4 heteroatoms. The van der Waals surface area contributed by atoms with Crippen molar-refractivity contribution in [1.82, 2.24) is 0 Å². The quantitative estimate of drug-likeness (QED) is 0.768. The van der Waals surface area contributed by atoms with Crippen molar-refractivity contribution in [3.05, 3.63) is 65.0 Å². The number of alkyl halides is 1. The van der Waals surface area contributed by atoms with E-state index in [1.54, 1.807) is 0 Å². The average Bonchev–Trinajstić information content (AvgIpc) is 2.46. The molecule has 0 fully saturated rings. The lowest BCUT2D eigenvalue weighted by Crippen LogP contribution is -2.19. The molecular weight excluding hydrogens is 267 g/mol. The van der Waals surface area contributed by atoms with Crippen LogP contribution in [0.15, 0.2) is 42.5 Å². The van der Waals surface area contributed by atoms with E-state index in [1.807, 2.05) is 30.3 Å². The highest BCUT2D eigenvalue weighted by molar-refractivity contribution is 6.17. The summed E-state index contributed by atoms with van der Waals surface area (Å²) in [5.41, 5.74) is 2.28. The Morgan fingerprint density at radius 1 is 1.21 bits per heavy atom. The van der Waals surface area contributed by atoms with Gasteiger partial charge in [-0.25, -0.2) is 4.39 Å². The number of ether oxygens (including phenoxy) is 2. The fourth-order valence-corrected chi connectivity index (χ4v) is 2.35. The standard InChI is InChI=1S/C15H12ClFO2/c16-8-11-6-13(17)7-12-9-18-15(19-14(11)12)10-4-2-1-3-5-10/h1-7,15H,8-9H2. The first-order valence-corrected chi connectivity index (χ1v) is 6.52. The number of hydrogen-bond acceptors (Lipinski definition) is 2. The summed E-state index contributed by atoms with van der Waals surface area (Å²) in [6.45, 7) is 0.316. The van der Waals surface area contributed by atoms with Gasteiger partial charge in [0.2, 0.25) is 6.29 Å². The van der Waals surface area contributed by atoms with Gasteiger partial charge in [-0.15, -0.1) is 11.6 Å². The van der Waals surface area contributed by atoms with Crippen molar-refractivity contribution in [2.75, 3.05) is 0 Å². The Labute approximate surface area is 115 Å². The molecule has 2 aromatic carbocycles. The zero-order chi connectivity index (χ0) is 13.2. The zero-order valence-corrected chi connectivity index (χ0v) is 10.9. The minimum absolute atomic E-state index is 0.210. The van der Waals surface area contributed by atoms with Gasteiger partial charge in [-0.05, 0) is 12.1 Å². The molecule has 0 spiro atoms. The third-order valence-corrected chi connectivity index (χ3v) is 3.33. The summed E-state index contributed by atoms with van der Waals surface area (Å²) in [5.74, 6) is 0.526. The van der Waals surface area contributed by atoms with Gasteiger partial charge in [-0.3, -0.25) is 0 Å². The summed E-state index contributed by atoms with van der Waals surface area (Å²) in [5, 5.41) is 0. The van der Waals surface area contributed by atoms with E-state index in [4.69, 9.17) is 21.1 Å². The summed E-state index contributed by atoms with van der Waals surface area (Å²) >= 11 is 5.84. The maximum Gasteiger partial charge on any atom is 0.227 e. The van der Waals surface area contributed by atoms with Crippen molar-refractivity contribution in [1.29, 1.82) is 0 Å². The number of rotatable bonds is 2. The van der Waals surface area contributed by atoms with E-state index in [0.29, 0.717) is 23.5 Å². The molecule has 19 heavy (non-hydrogen) atoms. The van der Waals surface area contributed by atoms with Gasteiger partial charge in [-0.1, -0.05) is 30.3 Å². The fraction of sp³-hybridized carbons (Fsp3) is 0.200. The summed E-state index contributed by atoms with van der Waals surface area (Å²) in [6, 6.07) is 12.5. The molecule has 0 amide bonds. The van der Waals surface area contributed by atoms with Gasteiger partial charge in [-0.2, -0.15) is 0 Å². The number of fused-ring (bicyclic) bond motifs is 1. The number of hydrogen-bond donors (Lipinski definition) is 0. The molecule has 0 aromatic heterocycles. The zero-order valence-electron chi connectivity index (χ0n) is 10.1. The Hall–Kier alpha value is -1.58. The molecule has 0 aliphatic carbocycles. The van der Waals surface area contributed by atoms with Gasteiger partial charge in [0.1, 0.15) is 11.6 Å². The Morgan fingerprint density at radius 3 is 2.74 bits per heavy atom. The molecule has 1 heterocycles. The SMILES string of the molecule is Fc1cc(CCl)c2c(c1)COC(c1ccccc1)O2. The summed E-state index contributed by atoms with van der Waals surface area (Å²) < 4.78 is 24.8. The lowest BCUT2D eigenvalue weighted by molar-refractivity contribution is -0.112. The minimum atomic E-state index is -0.471. The van der Waals surface area contributed by atoms with E-state index in [0.717, 1.165) is 5.56 Å². The van der Waals surface area contributed by atoms with Crippen LogP contribution in [-0.2, 0) is 17.2 Å². The van der Waals surface area contributed by atoms with Crippen LogP contribution in [-0.4, -0.2) is 0 Å². The lowest BCUT2D eigenvalue weighted by Gasteiger charge is -2.28. The third kappa shape index (κ3) is 2.44. The highest BCUT2D eigenvalue weighted by atomic mass is 35.5. The van der Waals surface area contributed by atoms with Gasteiger partial charge in [0.25, 0.3) is 0 Å². The predicted molar refractivity (Wildman–Crippen MR) is 70.6 cm³/mol. The molecule has 1 aliphatic heterocycles. The van der Waals surface area contributed by atoms with Gasteiger partial charge in [0, 0.05) is 16.7 Å². The van der Waals surface area contributed by atoms with Gasteiger partial charge in [0.05, 0.1) is 12.5 Å². The topological polar surface area (TPSA) is 18.5 Å². The van der Waals surface area contributed by atoms with Crippen molar-refractivity contribution in [3.63, 3.8) is 0 Å². The minimum Gasteiger partial charge on any atom is -0.460 e. The Morgan fingerprint density at radius 2 is 2.00 bits per heavy atom. The molecule has 2 aromatic rings. The van der Waals surface area contributed by atoms with Crippen LogP contribution in [0.2, 0.25) is 0 Å². The average molecular weight is 279 g/mol. The molecule has 0 saturated heterocycles. The summed E-state index contributed by atoms with van der Waals surface area (Å²) in [6.07, 6.45) is -0.471. The largest absolute Gasteiger partial charge is 0.460 e. The molecule has 0 N–H and O–H groups in total. The van der Waals surface area contributed by atoms with Gasteiger partial charge in [0.15, 0.2) is 0 Å². The molecule has 1 atom stereocenters. The predicted octanol–water partition coefficient (Wildman–Crippen LogP) is 4.17. The summed E-state index contributed by atoms with van der Waals surface area (Å²) in [7, 11) is 0. The van der Waals surface area contributed by atoms with Crippen LogP contribution in [0.25, 0.3) is 0 Å².